The lowest BCUT2D eigenvalue weighted by Gasteiger charge is -2.14. The third-order valence-electron chi connectivity index (χ3n) is 3.70. The number of carbonyl (C=O) groups is 1. The van der Waals surface area contributed by atoms with E-state index in [1.807, 2.05) is 0 Å². The van der Waals surface area contributed by atoms with E-state index >= 15 is 0 Å². The molecule has 3 rings (SSSR count). The van der Waals surface area contributed by atoms with Gasteiger partial charge in [0.05, 0.1) is 21.3 Å². The zero-order valence-electron chi connectivity index (χ0n) is 14.5. The van der Waals surface area contributed by atoms with Gasteiger partial charge in [0.25, 0.3) is 5.91 Å². The zero-order chi connectivity index (χ0) is 21.0. The Bertz CT molecular complexity index is 1030. The van der Waals surface area contributed by atoms with Crippen LogP contribution >= 0.6 is 23.2 Å². The van der Waals surface area contributed by atoms with Gasteiger partial charge in [-0.05, 0) is 29.8 Å². The Morgan fingerprint density at radius 1 is 1.10 bits per heavy atom. The summed E-state index contributed by atoms with van der Waals surface area (Å²) in [6.45, 7) is 0.0246. The first-order valence-corrected chi connectivity index (χ1v) is 8.83. The maximum Gasteiger partial charge on any atom is 0.434 e. The van der Waals surface area contributed by atoms with E-state index in [-0.39, 0.29) is 28.2 Å². The standard InChI is InChI=1S/C18H12Cl2F3N5O/c19-12-2-1-3-13(14(12)20)27-17-26-9-11(15(28-17)18(21,22)23)16(29)25-8-10-4-6-24-7-5-10/h1-7,9H,8H2,(H,25,29)(H,26,27,28). The molecule has 1 aromatic carbocycles. The minimum atomic E-state index is -4.87. The summed E-state index contributed by atoms with van der Waals surface area (Å²) >= 11 is 11.9. The van der Waals surface area contributed by atoms with Gasteiger partial charge in [-0.15, -0.1) is 0 Å². The highest BCUT2D eigenvalue weighted by Crippen LogP contribution is 2.33. The molecule has 0 saturated heterocycles. The molecule has 0 aliphatic rings. The van der Waals surface area contributed by atoms with Crippen LogP contribution in [0.2, 0.25) is 10.0 Å². The number of rotatable bonds is 5. The lowest BCUT2D eigenvalue weighted by Crippen LogP contribution is -2.27. The average Bonchev–Trinajstić information content (AvgIpc) is 2.70. The van der Waals surface area contributed by atoms with Gasteiger partial charge in [-0.2, -0.15) is 13.2 Å². The highest BCUT2D eigenvalue weighted by Gasteiger charge is 2.38. The SMILES string of the molecule is O=C(NCc1ccncc1)c1cnc(Nc2cccc(Cl)c2Cl)nc1C(F)(F)F. The maximum atomic E-state index is 13.5. The number of nitrogens with one attached hydrogen (secondary N) is 2. The van der Waals surface area contributed by atoms with Crippen LogP contribution < -0.4 is 10.6 Å². The predicted octanol–water partition coefficient (Wildman–Crippen LogP) is 4.87. The van der Waals surface area contributed by atoms with Crippen molar-refractivity contribution in [3.05, 3.63) is 75.8 Å². The molecule has 0 fully saturated rings. The molecule has 0 spiro atoms. The molecule has 0 unspecified atom stereocenters. The fourth-order valence-electron chi connectivity index (χ4n) is 2.32. The van der Waals surface area contributed by atoms with Crippen LogP contribution in [0.4, 0.5) is 24.8 Å². The van der Waals surface area contributed by atoms with Crippen LogP contribution in [0.15, 0.2) is 48.9 Å². The Balaban J connectivity index is 1.86. The third-order valence-corrected chi connectivity index (χ3v) is 4.52. The van der Waals surface area contributed by atoms with Gasteiger partial charge in [-0.3, -0.25) is 9.78 Å². The second-order valence-electron chi connectivity index (χ2n) is 5.72. The summed E-state index contributed by atoms with van der Waals surface area (Å²) < 4.78 is 40.4. The number of anilines is 2. The van der Waals surface area contributed by atoms with E-state index in [9.17, 15) is 18.0 Å². The van der Waals surface area contributed by atoms with Crippen molar-refractivity contribution < 1.29 is 18.0 Å². The molecule has 1 amide bonds. The number of benzene rings is 1. The Kier molecular flexibility index (Phi) is 6.19. The zero-order valence-corrected chi connectivity index (χ0v) is 16.0. The summed E-state index contributed by atoms with van der Waals surface area (Å²) in [7, 11) is 0. The number of nitrogens with zero attached hydrogens (tertiary/aromatic N) is 3. The van der Waals surface area contributed by atoms with Crippen molar-refractivity contribution in [3.8, 4) is 0 Å². The minimum Gasteiger partial charge on any atom is -0.348 e. The van der Waals surface area contributed by atoms with Crippen molar-refractivity contribution in [1.82, 2.24) is 20.3 Å². The normalized spacial score (nSPS) is 11.2. The maximum absolute atomic E-state index is 13.5. The first kappa shape index (κ1) is 20.8. The van der Waals surface area contributed by atoms with Crippen LogP contribution in [0.1, 0.15) is 21.6 Å². The van der Waals surface area contributed by atoms with Gasteiger partial charge in [0.15, 0.2) is 5.69 Å². The molecule has 29 heavy (non-hydrogen) atoms. The van der Waals surface area contributed by atoms with Gasteiger partial charge in [0.1, 0.15) is 0 Å². The molecule has 0 radical (unpaired) electrons. The molecule has 2 N–H and O–H groups in total. The van der Waals surface area contributed by atoms with Crippen LogP contribution in [-0.4, -0.2) is 20.9 Å². The smallest absolute Gasteiger partial charge is 0.348 e. The molecular formula is C18H12Cl2F3N5O. The number of amides is 1. The minimum absolute atomic E-state index is 0.0246. The molecule has 150 valence electrons. The number of carbonyl (C=O) groups excluding carboxylic acids is 1. The van der Waals surface area contributed by atoms with Crippen molar-refractivity contribution in [2.75, 3.05) is 5.32 Å². The van der Waals surface area contributed by atoms with Crippen LogP contribution in [-0.2, 0) is 12.7 Å². The van der Waals surface area contributed by atoms with Crippen LogP contribution in [0.5, 0.6) is 0 Å². The first-order valence-electron chi connectivity index (χ1n) is 8.08. The van der Waals surface area contributed by atoms with E-state index in [4.69, 9.17) is 23.2 Å². The fourth-order valence-corrected chi connectivity index (χ4v) is 2.67. The number of alkyl halides is 3. The molecule has 2 aromatic heterocycles. The quantitative estimate of drug-likeness (QED) is 0.590. The van der Waals surface area contributed by atoms with Gasteiger partial charge in [-0.25, -0.2) is 9.97 Å². The number of hydrogen-bond donors (Lipinski definition) is 2. The van der Waals surface area contributed by atoms with Crippen molar-refractivity contribution in [1.29, 1.82) is 0 Å². The number of halogens is 5. The van der Waals surface area contributed by atoms with Gasteiger partial charge in [0, 0.05) is 25.1 Å². The van der Waals surface area contributed by atoms with Gasteiger partial charge >= 0.3 is 6.18 Å². The van der Waals surface area contributed by atoms with E-state index in [1.54, 1.807) is 18.2 Å². The van der Waals surface area contributed by atoms with E-state index in [2.05, 4.69) is 25.6 Å². The van der Waals surface area contributed by atoms with Crippen LogP contribution in [0.3, 0.4) is 0 Å². The molecule has 0 aliphatic carbocycles. The predicted molar refractivity (Wildman–Crippen MR) is 102 cm³/mol. The van der Waals surface area contributed by atoms with Crippen molar-refractivity contribution in [2.45, 2.75) is 12.7 Å². The van der Waals surface area contributed by atoms with Gasteiger partial charge in [0.2, 0.25) is 5.95 Å². The molecular weight excluding hydrogens is 430 g/mol. The summed E-state index contributed by atoms with van der Waals surface area (Å²) in [5, 5.41) is 5.29. The molecule has 0 aliphatic heterocycles. The van der Waals surface area contributed by atoms with Crippen molar-refractivity contribution in [3.63, 3.8) is 0 Å². The summed E-state index contributed by atoms with van der Waals surface area (Å²) in [6.07, 6.45) is -1.06. The van der Waals surface area contributed by atoms with Crippen molar-refractivity contribution >= 4 is 40.7 Å². The van der Waals surface area contributed by atoms with E-state index in [0.717, 1.165) is 6.20 Å². The average molecular weight is 442 g/mol. The molecule has 2 heterocycles. The number of aromatic nitrogens is 3. The molecule has 11 heteroatoms. The Hall–Kier alpha value is -2.91. The van der Waals surface area contributed by atoms with Gasteiger partial charge in [-0.1, -0.05) is 29.3 Å². The molecule has 6 nitrogen and oxygen atoms in total. The summed E-state index contributed by atoms with van der Waals surface area (Å²) in [5.74, 6) is -1.34. The second-order valence-corrected chi connectivity index (χ2v) is 6.50. The Labute approximate surface area is 173 Å². The largest absolute Gasteiger partial charge is 0.434 e. The van der Waals surface area contributed by atoms with E-state index in [0.29, 0.717) is 5.56 Å². The Morgan fingerprint density at radius 2 is 1.83 bits per heavy atom. The molecule has 0 bridgehead atoms. The fraction of sp³-hybridized carbons (Fsp3) is 0.111. The van der Waals surface area contributed by atoms with E-state index < -0.39 is 23.3 Å². The number of hydrogen-bond acceptors (Lipinski definition) is 5. The third kappa shape index (κ3) is 5.12. The van der Waals surface area contributed by atoms with Crippen molar-refractivity contribution in [2.24, 2.45) is 0 Å². The second kappa shape index (κ2) is 8.62. The Morgan fingerprint density at radius 3 is 2.52 bits per heavy atom. The summed E-state index contributed by atoms with van der Waals surface area (Å²) in [5.41, 5.74) is -1.17. The monoisotopic (exact) mass is 441 g/mol. The van der Waals surface area contributed by atoms with E-state index in [1.165, 1.54) is 24.5 Å². The molecule has 3 aromatic rings. The topological polar surface area (TPSA) is 79.8 Å². The lowest BCUT2D eigenvalue weighted by molar-refractivity contribution is -0.141. The van der Waals surface area contributed by atoms with Crippen LogP contribution in [0, 0.1) is 0 Å². The molecule has 0 saturated carbocycles. The summed E-state index contributed by atoms with van der Waals surface area (Å²) in [6, 6.07) is 7.84. The van der Waals surface area contributed by atoms with Gasteiger partial charge < -0.3 is 10.6 Å². The lowest BCUT2D eigenvalue weighted by atomic mass is 10.2. The highest BCUT2D eigenvalue weighted by atomic mass is 35.5. The highest BCUT2D eigenvalue weighted by molar-refractivity contribution is 6.43. The summed E-state index contributed by atoms with van der Waals surface area (Å²) in [4.78, 5) is 23.4. The van der Waals surface area contributed by atoms with Crippen LogP contribution in [0.25, 0.3) is 0 Å². The number of pyridine rings is 1. The first-order chi connectivity index (χ1) is 13.8. The molecule has 0 atom stereocenters.